The fourth-order valence-corrected chi connectivity index (χ4v) is 2.74. The Bertz CT molecular complexity index is 835. The van der Waals surface area contributed by atoms with Gasteiger partial charge in [0.15, 0.2) is 0 Å². The standard InChI is InChI=1S/C17H18N4O6/c22-20(23)15-3-1-13(2-4-15)12-26-18-14-7-9-19(10-8-14)11-16-5-6-17(27-16)21(24)25/h1-6H,7-12H2. The van der Waals surface area contributed by atoms with Crippen LogP contribution in [0.15, 0.2) is 46.0 Å². The number of rotatable bonds is 7. The Kier molecular flexibility index (Phi) is 5.77. The summed E-state index contributed by atoms with van der Waals surface area (Å²) in [7, 11) is 0. The third kappa shape index (κ3) is 5.11. The van der Waals surface area contributed by atoms with Crippen molar-refractivity contribution in [1.29, 1.82) is 0 Å². The Labute approximate surface area is 154 Å². The molecule has 1 saturated heterocycles. The number of nitro benzene ring substituents is 1. The third-order valence-electron chi connectivity index (χ3n) is 4.21. The summed E-state index contributed by atoms with van der Waals surface area (Å²) in [6.45, 7) is 2.29. The maximum atomic E-state index is 10.6. The van der Waals surface area contributed by atoms with Crippen molar-refractivity contribution in [2.75, 3.05) is 13.1 Å². The fourth-order valence-electron chi connectivity index (χ4n) is 2.74. The van der Waals surface area contributed by atoms with Gasteiger partial charge in [0, 0.05) is 38.1 Å². The highest BCUT2D eigenvalue weighted by atomic mass is 16.6. The second-order valence-corrected chi connectivity index (χ2v) is 6.13. The number of benzene rings is 1. The molecule has 27 heavy (non-hydrogen) atoms. The molecule has 1 aromatic heterocycles. The van der Waals surface area contributed by atoms with E-state index >= 15 is 0 Å². The second kappa shape index (κ2) is 8.41. The van der Waals surface area contributed by atoms with Crippen LogP contribution in [0.4, 0.5) is 11.6 Å². The van der Waals surface area contributed by atoms with Gasteiger partial charge >= 0.3 is 5.88 Å². The van der Waals surface area contributed by atoms with Gasteiger partial charge in [-0.25, -0.2) is 0 Å². The molecule has 2 aromatic rings. The number of non-ortho nitro benzene ring substituents is 1. The first-order valence-corrected chi connectivity index (χ1v) is 8.38. The third-order valence-corrected chi connectivity index (χ3v) is 4.21. The zero-order valence-corrected chi connectivity index (χ0v) is 14.4. The summed E-state index contributed by atoms with van der Waals surface area (Å²) in [5.74, 6) is 0.320. The largest absolute Gasteiger partial charge is 0.433 e. The molecule has 0 N–H and O–H groups in total. The monoisotopic (exact) mass is 374 g/mol. The number of likely N-dealkylation sites (tertiary alicyclic amines) is 1. The summed E-state index contributed by atoms with van der Waals surface area (Å²) in [5, 5.41) is 25.4. The average molecular weight is 374 g/mol. The molecule has 0 aliphatic carbocycles. The number of nitrogens with zero attached hydrogens (tertiary/aromatic N) is 4. The Balaban J connectivity index is 1.43. The van der Waals surface area contributed by atoms with Crippen LogP contribution in [0.1, 0.15) is 24.2 Å². The van der Waals surface area contributed by atoms with E-state index in [0.29, 0.717) is 12.3 Å². The quantitative estimate of drug-likeness (QED) is 0.538. The predicted octanol–water partition coefficient (Wildman–Crippen LogP) is 3.26. The topological polar surface area (TPSA) is 124 Å². The maximum absolute atomic E-state index is 10.6. The number of nitro groups is 2. The van der Waals surface area contributed by atoms with Crippen molar-refractivity contribution in [1.82, 2.24) is 4.90 Å². The summed E-state index contributed by atoms with van der Waals surface area (Å²) in [4.78, 5) is 27.7. The fraction of sp³-hybridized carbons (Fsp3) is 0.353. The van der Waals surface area contributed by atoms with Crippen molar-refractivity contribution in [3.63, 3.8) is 0 Å². The van der Waals surface area contributed by atoms with Gasteiger partial charge in [-0.05, 0) is 23.8 Å². The number of hydrogen-bond donors (Lipinski definition) is 0. The van der Waals surface area contributed by atoms with Crippen molar-refractivity contribution >= 4 is 17.3 Å². The van der Waals surface area contributed by atoms with Crippen molar-refractivity contribution < 1.29 is 19.1 Å². The lowest BCUT2D eigenvalue weighted by Crippen LogP contribution is -2.33. The lowest BCUT2D eigenvalue weighted by Gasteiger charge is -2.26. The minimum Gasteiger partial charge on any atom is -0.404 e. The van der Waals surface area contributed by atoms with Crippen LogP contribution in [-0.2, 0) is 18.0 Å². The van der Waals surface area contributed by atoms with Gasteiger partial charge in [0.1, 0.15) is 17.3 Å². The highest BCUT2D eigenvalue weighted by molar-refractivity contribution is 5.84. The number of furan rings is 1. The smallest absolute Gasteiger partial charge is 0.404 e. The lowest BCUT2D eigenvalue weighted by atomic mass is 10.1. The van der Waals surface area contributed by atoms with E-state index in [1.54, 1.807) is 18.2 Å². The minimum atomic E-state index is -0.549. The molecule has 0 atom stereocenters. The van der Waals surface area contributed by atoms with Crippen molar-refractivity contribution in [3.8, 4) is 0 Å². The number of oxime groups is 1. The average Bonchev–Trinajstić information content (AvgIpc) is 3.12. The molecule has 10 heteroatoms. The van der Waals surface area contributed by atoms with Crippen LogP contribution < -0.4 is 0 Å². The van der Waals surface area contributed by atoms with E-state index in [2.05, 4.69) is 10.1 Å². The molecule has 10 nitrogen and oxygen atoms in total. The molecule has 3 rings (SSSR count). The van der Waals surface area contributed by atoms with E-state index in [9.17, 15) is 20.2 Å². The molecule has 0 amide bonds. The Morgan fingerprint density at radius 3 is 2.33 bits per heavy atom. The van der Waals surface area contributed by atoms with Gasteiger partial charge in [0.25, 0.3) is 5.69 Å². The Morgan fingerprint density at radius 2 is 1.74 bits per heavy atom. The van der Waals surface area contributed by atoms with E-state index in [1.165, 1.54) is 18.2 Å². The zero-order valence-electron chi connectivity index (χ0n) is 14.4. The summed E-state index contributed by atoms with van der Waals surface area (Å²) in [6.07, 6.45) is 1.48. The molecule has 0 radical (unpaired) electrons. The highest BCUT2D eigenvalue weighted by Crippen LogP contribution is 2.19. The molecule has 0 saturated carbocycles. The minimum absolute atomic E-state index is 0.0410. The molecular formula is C17H18N4O6. The van der Waals surface area contributed by atoms with Gasteiger partial charge < -0.3 is 9.25 Å². The Hall–Kier alpha value is -3.27. The van der Waals surface area contributed by atoms with Crippen LogP contribution in [-0.4, -0.2) is 33.5 Å². The van der Waals surface area contributed by atoms with Crippen LogP contribution in [0.5, 0.6) is 0 Å². The van der Waals surface area contributed by atoms with E-state index < -0.39 is 9.85 Å². The Morgan fingerprint density at radius 1 is 1.04 bits per heavy atom. The van der Waals surface area contributed by atoms with E-state index in [1.807, 2.05) is 0 Å². The predicted molar refractivity (Wildman–Crippen MR) is 95.2 cm³/mol. The van der Waals surface area contributed by atoms with Crippen LogP contribution in [0, 0.1) is 20.2 Å². The van der Waals surface area contributed by atoms with E-state index in [-0.39, 0.29) is 18.2 Å². The zero-order chi connectivity index (χ0) is 19.2. The first-order valence-electron chi connectivity index (χ1n) is 8.38. The van der Waals surface area contributed by atoms with Crippen molar-refractivity contribution in [2.45, 2.75) is 26.0 Å². The number of hydrogen-bond acceptors (Lipinski definition) is 8. The second-order valence-electron chi connectivity index (χ2n) is 6.13. The summed E-state index contributed by atoms with van der Waals surface area (Å²) in [5.41, 5.74) is 1.79. The van der Waals surface area contributed by atoms with Gasteiger partial charge in [-0.2, -0.15) is 0 Å². The van der Waals surface area contributed by atoms with Crippen LogP contribution >= 0.6 is 0 Å². The SMILES string of the molecule is O=[N+]([O-])c1ccc(CON=C2CCN(Cc3ccc([N+](=O)[O-])o3)CC2)cc1. The lowest BCUT2D eigenvalue weighted by molar-refractivity contribution is -0.402. The van der Waals surface area contributed by atoms with Crippen LogP contribution in [0.2, 0.25) is 0 Å². The summed E-state index contributed by atoms with van der Waals surface area (Å²) >= 11 is 0. The summed E-state index contributed by atoms with van der Waals surface area (Å²) < 4.78 is 5.17. The normalized spacial score (nSPS) is 14.7. The van der Waals surface area contributed by atoms with Crippen LogP contribution in [0.25, 0.3) is 0 Å². The molecule has 0 bridgehead atoms. The first-order chi connectivity index (χ1) is 13.0. The van der Waals surface area contributed by atoms with E-state index in [4.69, 9.17) is 9.25 Å². The maximum Gasteiger partial charge on any atom is 0.433 e. The molecule has 1 aliphatic heterocycles. The highest BCUT2D eigenvalue weighted by Gasteiger charge is 2.19. The van der Waals surface area contributed by atoms with Gasteiger partial charge in [0.05, 0.1) is 23.2 Å². The van der Waals surface area contributed by atoms with Crippen molar-refractivity contribution in [3.05, 3.63) is 68.0 Å². The first kappa shape index (κ1) is 18.5. The van der Waals surface area contributed by atoms with Gasteiger partial charge in [-0.1, -0.05) is 5.16 Å². The van der Waals surface area contributed by atoms with E-state index in [0.717, 1.165) is 37.2 Å². The van der Waals surface area contributed by atoms with Crippen molar-refractivity contribution in [2.24, 2.45) is 5.16 Å². The van der Waals surface area contributed by atoms with Gasteiger partial charge in [-0.15, -0.1) is 0 Å². The molecule has 2 heterocycles. The molecule has 1 aliphatic rings. The summed E-state index contributed by atoms with van der Waals surface area (Å²) in [6, 6.07) is 9.13. The molecular weight excluding hydrogens is 356 g/mol. The number of piperidine rings is 1. The molecule has 0 spiro atoms. The molecule has 0 unspecified atom stereocenters. The molecule has 1 aromatic carbocycles. The van der Waals surface area contributed by atoms with Gasteiger partial charge in [-0.3, -0.25) is 25.1 Å². The molecule has 142 valence electrons. The van der Waals surface area contributed by atoms with Gasteiger partial charge in [0.2, 0.25) is 0 Å². The van der Waals surface area contributed by atoms with Crippen LogP contribution in [0.3, 0.4) is 0 Å². The molecule has 1 fully saturated rings.